The number of hydrogen-bond donors (Lipinski definition) is 8. The lowest BCUT2D eigenvalue weighted by Crippen LogP contribution is -2.40. The third kappa shape index (κ3) is 9.71. The van der Waals surface area contributed by atoms with E-state index in [9.17, 15) is 20.4 Å². The van der Waals surface area contributed by atoms with Gasteiger partial charge in [0, 0.05) is 37.6 Å². The number of rotatable bonds is 16. The highest BCUT2D eigenvalue weighted by atomic mass is 16.3. The van der Waals surface area contributed by atoms with Crippen molar-refractivity contribution in [3.05, 3.63) is 59.7 Å². The summed E-state index contributed by atoms with van der Waals surface area (Å²) in [6.45, 7) is -1.18. The minimum atomic E-state index is -0.976. The van der Waals surface area contributed by atoms with Gasteiger partial charge in [-0.25, -0.2) is 0 Å². The van der Waals surface area contributed by atoms with E-state index in [2.05, 4.69) is 0 Å². The van der Waals surface area contributed by atoms with Gasteiger partial charge < -0.3 is 50.7 Å². The van der Waals surface area contributed by atoms with Crippen LogP contribution in [0.5, 0.6) is 0 Å². The molecule has 0 spiro atoms. The minimum Gasteiger partial charge on any atom is -0.394 e. The molecule has 0 fully saturated rings. The highest BCUT2D eigenvalue weighted by molar-refractivity contribution is 5.50. The Kier molecular flexibility index (Phi) is 12.4. The molecule has 0 aliphatic carbocycles. The van der Waals surface area contributed by atoms with Crippen LogP contribution in [0.2, 0.25) is 0 Å². The Balaban J connectivity index is 2.09. The second kappa shape index (κ2) is 15.0. The Morgan fingerprint density at radius 2 is 0.714 bits per heavy atom. The Bertz CT molecular complexity index is 743. The zero-order valence-corrected chi connectivity index (χ0v) is 19.8. The molecule has 0 saturated carbocycles. The molecule has 0 aliphatic rings. The summed E-state index contributed by atoms with van der Waals surface area (Å²) in [6.07, 6.45) is -3.27. The van der Waals surface area contributed by atoms with Crippen molar-refractivity contribution < 1.29 is 40.9 Å². The number of nitrogens with zero attached hydrogens (tertiary/aromatic N) is 2. The van der Waals surface area contributed by atoms with Crippen LogP contribution in [0.25, 0.3) is 0 Å². The second-order valence-corrected chi connectivity index (χ2v) is 8.67. The van der Waals surface area contributed by atoms with Crippen molar-refractivity contribution in [3.63, 3.8) is 0 Å². The average molecular weight is 495 g/mol. The van der Waals surface area contributed by atoms with E-state index in [1.54, 1.807) is 9.80 Å². The Morgan fingerprint density at radius 1 is 0.457 bits per heavy atom. The van der Waals surface area contributed by atoms with E-state index in [1.165, 1.54) is 0 Å². The van der Waals surface area contributed by atoms with Crippen molar-refractivity contribution in [2.24, 2.45) is 0 Å². The fourth-order valence-electron chi connectivity index (χ4n) is 3.70. The molecular formula is C25H38N2O8. The van der Waals surface area contributed by atoms with Crippen molar-refractivity contribution in [2.75, 3.05) is 62.4 Å². The molecule has 0 radical (unpaired) electrons. The first-order valence-corrected chi connectivity index (χ1v) is 11.6. The molecule has 0 heterocycles. The summed E-state index contributed by atoms with van der Waals surface area (Å²) in [7, 11) is 0. The summed E-state index contributed by atoms with van der Waals surface area (Å²) in [5.74, 6) is 0. The normalized spacial score (nSPS) is 14.9. The lowest BCUT2D eigenvalue weighted by atomic mass is 10.0. The lowest BCUT2D eigenvalue weighted by molar-refractivity contribution is 0.0838. The summed E-state index contributed by atoms with van der Waals surface area (Å²) < 4.78 is 0. The third-order valence-corrected chi connectivity index (χ3v) is 5.58. The van der Waals surface area contributed by atoms with Gasteiger partial charge in [-0.2, -0.15) is 0 Å². The van der Waals surface area contributed by atoms with Crippen LogP contribution in [-0.4, -0.2) is 118 Å². The molecule has 10 heteroatoms. The van der Waals surface area contributed by atoms with Crippen LogP contribution in [-0.2, 0) is 6.42 Å². The first-order valence-electron chi connectivity index (χ1n) is 11.6. The number of anilines is 2. The van der Waals surface area contributed by atoms with Crippen LogP contribution >= 0.6 is 0 Å². The molecule has 35 heavy (non-hydrogen) atoms. The Hall–Kier alpha value is -2.28. The van der Waals surface area contributed by atoms with Crippen molar-refractivity contribution in [2.45, 2.75) is 30.8 Å². The Morgan fingerprint density at radius 3 is 0.943 bits per heavy atom. The zero-order valence-electron chi connectivity index (χ0n) is 19.8. The fourth-order valence-corrected chi connectivity index (χ4v) is 3.70. The smallest absolute Gasteiger partial charge is 0.0945 e. The summed E-state index contributed by atoms with van der Waals surface area (Å²) in [6, 6.07) is 15.1. The first kappa shape index (κ1) is 29.0. The van der Waals surface area contributed by atoms with Gasteiger partial charge in [0.05, 0.1) is 50.8 Å². The molecule has 0 amide bonds. The lowest BCUT2D eigenvalue weighted by Gasteiger charge is -2.29. The first-order chi connectivity index (χ1) is 16.8. The highest BCUT2D eigenvalue weighted by Gasteiger charge is 2.17. The van der Waals surface area contributed by atoms with Crippen LogP contribution in [0.3, 0.4) is 0 Å². The van der Waals surface area contributed by atoms with Gasteiger partial charge in [0.1, 0.15) is 0 Å². The van der Waals surface area contributed by atoms with E-state index in [0.717, 1.165) is 22.5 Å². The molecule has 2 aromatic rings. The Labute approximate surface area is 205 Å². The fraction of sp³-hybridized carbons (Fsp3) is 0.520. The standard InChI is InChI=1S/C25H38N2O8/c28-14-22(32)10-26(11-23(33)15-29)20-5-1-18(2-6-20)9-19-3-7-21(8-4-19)27(12-24(34)16-30)13-25(35)17-31/h1-8,22-25,28-35H,9-17H2/t22-,23-,24+,25+. The second-order valence-electron chi connectivity index (χ2n) is 8.67. The van der Waals surface area contributed by atoms with Gasteiger partial charge in [0.25, 0.3) is 0 Å². The molecule has 0 saturated heterocycles. The summed E-state index contributed by atoms with van der Waals surface area (Å²) >= 11 is 0. The van der Waals surface area contributed by atoms with Crippen molar-refractivity contribution in [1.82, 2.24) is 0 Å². The molecule has 0 aromatic heterocycles. The number of benzene rings is 2. The molecule has 0 aliphatic heterocycles. The highest BCUT2D eigenvalue weighted by Crippen LogP contribution is 2.21. The summed E-state index contributed by atoms with van der Waals surface area (Å²) in [5.41, 5.74) is 3.53. The van der Waals surface area contributed by atoms with Crippen molar-refractivity contribution in [1.29, 1.82) is 0 Å². The van der Waals surface area contributed by atoms with Crippen LogP contribution in [0.4, 0.5) is 11.4 Å². The number of hydrogen-bond acceptors (Lipinski definition) is 10. The van der Waals surface area contributed by atoms with E-state index in [1.807, 2.05) is 48.5 Å². The third-order valence-electron chi connectivity index (χ3n) is 5.58. The predicted molar refractivity (Wildman–Crippen MR) is 132 cm³/mol. The van der Waals surface area contributed by atoms with E-state index in [4.69, 9.17) is 20.4 Å². The van der Waals surface area contributed by atoms with Gasteiger partial charge in [0.2, 0.25) is 0 Å². The van der Waals surface area contributed by atoms with Gasteiger partial charge in [-0.05, 0) is 41.8 Å². The van der Waals surface area contributed by atoms with E-state index < -0.39 is 50.8 Å². The maximum Gasteiger partial charge on any atom is 0.0945 e. The largest absolute Gasteiger partial charge is 0.394 e. The molecule has 0 bridgehead atoms. The van der Waals surface area contributed by atoms with Gasteiger partial charge in [-0.15, -0.1) is 0 Å². The van der Waals surface area contributed by atoms with Crippen LogP contribution < -0.4 is 9.80 Å². The van der Waals surface area contributed by atoms with Crippen LogP contribution in [0, 0.1) is 0 Å². The molecule has 196 valence electrons. The average Bonchev–Trinajstić information content (AvgIpc) is 2.88. The van der Waals surface area contributed by atoms with Gasteiger partial charge in [0.15, 0.2) is 0 Å². The SMILES string of the molecule is OC[C@@H](O)CN(C[C@H](O)CO)c1ccc(Cc2ccc(N(C[C@@H](O)CO)C[C@@H](O)CO)cc2)cc1. The monoisotopic (exact) mass is 494 g/mol. The van der Waals surface area contributed by atoms with Crippen LogP contribution in [0.15, 0.2) is 48.5 Å². The molecule has 10 nitrogen and oxygen atoms in total. The van der Waals surface area contributed by atoms with E-state index in [0.29, 0.717) is 6.42 Å². The zero-order chi connectivity index (χ0) is 25.8. The van der Waals surface area contributed by atoms with Crippen molar-refractivity contribution >= 4 is 11.4 Å². The minimum absolute atomic E-state index is 0.112. The van der Waals surface area contributed by atoms with E-state index in [-0.39, 0.29) is 26.2 Å². The topological polar surface area (TPSA) is 168 Å². The number of aliphatic hydroxyl groups is 8. The summed E-state index contributed by atoms with van der Waals surface area (Å²) in [5, 5.41) is 75.9. The number of aliphatic hydroxyl groups excluding tert-OH is 8. The predicted octanol–water partition coefficient (Wildman–Crippen LogP) is -1.70. The molecule has 2 aromatic carbocycles. The maximum absolute atomic E-state index is 9.82. The van der Waals surface area contributed by atoms with E-state index >= 15 is 0 Å². The molecule has 2 rings (SSSR count). The van der Waals surface area contributed by atoms with Gasteiger partial charge in [-0.1, -0.05) is 24.3 Å². The van der Waals surface area contributed by atoms with Gasteiger partial charge >= 0.3 is 0 Å². The molecular weight excluding hydrogens is 456 g/mol. The maximum atomic E-state index is 9.82. The van der Waals surface area contributed by atoms with Crippen LogP contribution in [0.1, 0.15) is 11.1 Å². The molecule has 8 N–H and O–H groups in total. The molecule has 4 atom stereocenters. The van der Waals surface area contributed by atoms with Crippen molar-refractivity contribution in [3.8, 4) is 0 Å². The van der Waals surface area contributed by atoms with Gasteiger partial charge in [-0.3, -0.25) is 0 Å². The molecule has 0 unspecified atom stereocenters. The summed E-state index contributed by atoms with van der Waals surface area (Å²) in [4.78, 5) is 3.41. The quantitative estimate of drug-likeness (QED) is 0.135.